The smallest absolute Gasteiger partial charge is 0.220 e. The first kappa shape index (κ1) is 18.4. The van der Waals surface area contributed by atoms with Gasteiger partial charge in [-0.25, -0.2) is 14.4 Å². The average molecular weight is 347 g/mol. The molecule has 0 saturated carbocycles. The van der Waals surface area contributed by atoms with Crippen LogP contribution in [0.2, 0.25) is 0 Å². The number of hydrogen-bond acceptors (Lipinski definition) is 4. The molecule has 4 nitrogen and oxygen atoms in total. The van der Waals surface area contributed by atoms with Crippen molar-refractivity contribution in [1.82, 2.24) is 15.3 Å². The van der Waals surface area contributed by atoms with Crippen LogP contribution in [0.25, 0.3) is 0 Å². The lowest BCUT2D eigenvalue weighted by Gasteiger charge is -2.15. The Balaban J connectivity index is 1.95. The molecule has 128 valence electrons. The van der Waals surface area contributed by atoms with Crippen LogP contribution in [0.4, 0.5) is 4.39 Å². The van der Waals surface area contributed by atoms with Crippen LogP contribution in [0.3, 0.4) is 0 Å². The van der Waals surface area contributed by atoms with Crippen molar-refractivity contribution in [3.63, 3.8) is 0 Å². The van der Waals surface area contributed by atoms with Gasteiger partial charge in [-0.3, -0.25) is 4.79 Å². The van der Waals surface area contributed by atoms with Gasteiger partial charge in [-0.15, -0.1) is 0 Å². The predicted octanol–water partition coefficient (Wildman–Crippen LogP) is 3.76. The molecule has 2 aromatic rings. The van der Waals surface area contributed by atoms with Crippen LogP contribution in [0.1, 0.15) is 41.9 Å². The van der Waals surface area contributed by atoms with Gasteiger partial charge in [-0.1, -0.05) is 23.9 Å². The minimum atomic E-state index is -0.281. The molecule has 1 atom stereocenters. The fourth-order valence-electron chi connectivity index (χ4n) is 2.55. The summed E-state index contributed by atoms with van der Waals surface area (Å²) < 4.78 is 13.0. The summed E-state index contributed by atoms with van der Waals surface area (Å²) >= 11 is 1.51. The Hall–Kier alpha value is -1.95. The van der Waals surface area contributed by atoms with E-state index in [-0.39, 0.29) is 17.8 Å². The number of aryl methyl sites for hydroxylation is 2. The van der Waals surface area contributed by atoms with E-state index in [1.165, 1.54) is 23.9 Å². The quantitative estimate of drug-likeness (QED) is 0.638. The predicted molar refractivity (Wildman–Crippen MR) is 94.6 cm³/mol. The number of thioether (sulfide) groups is 1. The van der Waals surface area contributed by atoms with E-state index < -0.39 is 0 Å². The molecule has 1 aromatic carbocycles. The molecule has 1 unspecified atom stereocenters. The molecule has 1 N–H and O–H groups in total. The molecule has 24 heavy (non-hydrogen) atoms. The van der Waals surface area contributed by atoms with E-state index in [2.05, 4.69) is 15.3 Å². The van der Waals surface area contributed by atoms with E-state index in [0.29, 0.717) is 12.8 Å². The zero-order valence-electron chi connectivity index (χ0n) is 14.4. The fraction of sp³-hybridized carbons (Fsp3) is 0.389. The molecular weight excluding hydrogens is 325 g/mol. The Bertz CT molecular complexity index is 696. The molecule has 0 spiro atoms. The van der Waals surface area contributed by atoms with Crippen molar-refractivity contribution in [2.75, 3.05) is 6.26 Å². The second kappa shape index (κ2) is 8.24. The summed E-state index contributed by atoms with van der Waals surface area (Å²) in [5.41, 5.74) is 3.75. The van der Waals surface area contributed by atoms with Gasteiger partial charge >= 0.3 is 0 Å². The summed E-state index contributed by atoms with van der Waals surface area (Å²) in [6.07, 6.45) is 2.92. The Morgan fingerprint density at radius 3 is 2.33 bits per heavy atom. The van der Waals surface area contributed by atoms with Gasteiger partial charge in [0.15, 0.2) is 5.16 Å². The normalized spacial score (nSPS) is 12.0. The van der Waals surface area contributed by atoms with Crippen molar-refractivity contribution in [2.45, 2.75) is 44.8 Å². The Morgan fingerprint density at radius 2 is 1.79 bits per heavy atom. The largest absolute Gasteiger partial charge is 0.350 e. The van der Waals surface area contributed by atoms with Gasteiger partial charge in [0.05, 0.1) is 6.04 Å². The number of hydrogen-bond donors (Lipinski definition) is 1. The van der Waals surface area contributed by atoms with Gasteiger partial charge < -0.3 is 5.32 Å². The third-order valence-corrected chi connectivity index (χ3v) is 4.48. The second-order valence-electron chi connectivity index (χ2n) is 5.70. The third kappa shape index (κ3) is 4.77. The molecule has 0 aliphatic rings. The molecule has 0 radical (unpaired) electrons. The van der Waals surface area contributed by atoms with E-state index in [1.807, 2.05) is 27.0 Å². The lowest BCUT2D eigenvalue weighted by molar-refractivity contribution is -0.121. The molecule has 2 rings (SSSR count). The Kier molecular flexibility index (Phi) is 6.31. The molecular formula is C18H22FN3OS. The molecule has 0 fully saturated rings. The van der Waals surface area contributed by atoms with E-state index in [1.54, 1.807) is 12.1 Å². The highest BCUT2D eigenvalue weighted by molar-refractivity contribution is 7.98. The maximum absolute atomic E-state index is 13.0. The van der Waals surface area contributed by atoms with Crippen molar-refractivity contribution in [2.24, 2.45) is 0 Å². The maximum Gasteiger partial charge on any atom is 0.220 e. The van der Waals surface area contributed by atoms with Crippen molar-refractivity contribution in [3.05, 3.63) is 52.6 Å². The summed E-state index contributed by atoms with van der Waals surface area (Å²) in [7, 11) is 0. The molecule has 1 amide bonds. The molecule has 6 heteroatoms. The van der Waals surface area contributed by atoms with Crippen LogP contribution in [0, 0.1) is 19.7 Å². The van der Waals surface area contributed by atoms with Crippen LogP contribution >= 0.6 is 11.8 Å². The van der Waals surface area contributed by atoms with Crippen molar-refractivity contribution >= 4 is 17.7 Å². The van der Waals surface area contributed by atoms with Crippen LogP contribution in [-0.4, -0.2) is 22.1 Å². The maximum atomic E-state index is 13.0. The van der Waals surface area contributed by atoms with Gasteiger partial charge in [0.1, 0.15) is 5.82 Å². The first-order valence-electron chi connectivity index (χ1n) is 7.83. The van der Waals surface area contributed by atoms with Crippen LogP contribution < -0.4 is 5.32 Å². The van der Waals surface area contributed by atoms with Gasteiger partial charge in [-0.05, 0) is 56.7 Å². The van der Waals surface area contributed by atoms with E-state index in [0.717, 1.165) is 27.7 Å². The standard InChI is InChI=1S/C18H22FN3OS/c1-11(14-5-7-15(19)8-6-14)20-17(23)10-9-16-12(2)21-18(24-4)22-13(16)3/h5-8,11H,9-10H2,1-4H3,(H,20,23). The molecule has 0 bridgehead atoms. The third-order valence-electron chi connectivity index (χ3n) is 3.93. The number of rotatable bonds is 6. The average Bonchev–Trinajstić information content (AvgIpc) is 2.54. The number of nitrogens with zero attached hydrogens (tertiary/aromatic N) is 2. The SMILES string of the molecule is CSc1nc(C)c(CCC(=O)NC(C)c2ccc(F)cc2)c(C)n1. The van der Waals surface area contributed by atoms with Gasteiger partial charge in [-0.2, -0.15) is 0 Å². The molecule has 0 aliphatic heterocycles. The number of halogens is 1. The minimum absolute atomic E-state index is 0.0421. The monoisotopic (exact) mass is 347 g/mol. The van der Waals surface area contributed by atoms with E-state index in [9.17, 15) is 9.18 Å². The minimum Gasteiger partial charge on any atom is -0.350 e. The highest BCUT2D eigenvalue weighted by Crippen LogP contribution is 2.18. The first-order chi connectivity index (χ1) is 11.4. The fourth-order valence-corrected chi connectivity index (χ4v) is 3.01. The van der Waals surface area contributed by atoms with Gasteiger partial charge in [0, 0.05) is 17.8 Å². The van der Waals surface area contributed by atoms with Crippen molar-refractivity contribution in [1.29, 1.82) is 0 Å². The van der Waals surface area contributed by atoms with Gasteiger partial charge in [0.2, 0.25) is 5.91 Å². The van der Waals surface area contributed by atoms with Crippen molar-refractivity contribution < 1.29 is 9.18 Å². The molecule has 1 heterocycles. The second-order valence-corrected chi connectivity index (χ2v) is 6.47. The van der Waals surface area contributed by atoms with Crippen molar-refractivity contribution in [3.8, 4) is 0 Å². The summed E-state index contributed by atoms with van der Waals surface area (Å²) in [5.74, 6) is -0.323. The molecule has 0 aliphatic carbocycles. The topological polar surface area (TPSA) is 54.9 Å². The summed E-state index contributed by atoms with van der Waals surface area (Å²) in [4.78, 5) is 21.0. The number of nitrogens with one attached hydrogen (secondary N) is 1. The van der Waals surface area contributed by atoms with Crippen LogP contribution in [-0.2, 0) is 11.2 Å². The van der Waals surface area contributed by atoms with Crippen LogP contribution in [0.15, 0.2) is 29.4 Å². The van der Waals surface area contributed by atoms with E-state index >= 15 is 0 Å². The lowest BCUT2D eigenvalue weighted by Crippen LogP contribution is -2.27. The molecule has 1 aromatic heterocycles. The number of benzene rings is 1. The number of carbonyl (C=O) groups excluding carboxylic acids is 1. The van der Waals surface area contributed by atoms with Crippen LogP contribution in [0.5, 0.6) is 0 Å². The molecule has 0 saturated heterocycles. The number of carbonyl (C=O) groups is 1. The van der Waals surface area contributed by atoms with E-state index in [4.69, 9.17) is 0 Å². The summed E-state index contributed by atoms with van der Waals surface area (Å²) in [6.45, 7) is 5.78. The summed E-state index contributed by atoms with van der Waals surface area (Å²) in [5, 5.41) is 3.69. The number of amides is 1. The Morgan fingerprint density at radius 1 is 1.21 bits per heavy atom. The Labute approximate surface area is 146 Å². The van der Waals surface area contributed by atoms with Gasteiger partial charge in [0.25, 0.3) is 0 Å². The highest BCUT2D eigenvalue weighted by Gasteiger charge is 2.13. The highest BCUT2D eigenvalue weighted by atomic mass is 32.2. The summed E-state index contributed by atoms with van der Waals surface area (Å²) in [6, 6.07) is 6.01. The number of aromatic nitrogens is 2. The zero-order chi connectivity index (χ0) is 17.7. The zero-order valence-corrected chi connectivity index (χ0v) is 15.2. The lowest BCUT2D eigenvalue weighted by atomic mass is 10.1. The first-order valence-corrected chi connectivity index (χ1v) is 9.06.